The van der Waals surface area contributed by atoms with Crippen LogP contribution in [0.25, 0.3) is 0 Å². The molecule has 3 N–H and O–H groups in total. The number of phenolic OH excluding ortho intramolecular Hbond substituents is 1. The standard InChI is InChI=1S/C18H19ClN2O3/c1-11(2)16(12-3-7-14(19)8-4-12)18(24)21-20-17(23)13-5-9-15(22)10-6-13/h3-11,16,22H,1-2H3,(H,20,23)(H,21,24)/t16-/m0/s1. The van der Waals surface area contributed by atoms with Gasteiger partial charge in [0, 0.05) is 10.6 Å². The molecule has 126 valence electrons. The number of aromatic hydroxyl groups is 1. The molecule has 2 rings (SSSR count). The Morgan fingerprint density at radius 3 is 2.08 bits per heavy atom. The average Bonchev–Trinajstić information content (AvgIpc) is 2.55. The number of hydrazine groups is 1. The van der Waals surface area contributed by atoms with Gasteiger partial charge in [0.1, 0.15) is 5.75 Å². The first-order valence-corrected chi connectivity index (χ1v) is 7.91. The van der Waals surface area contributed by atoms with Crippen LogP contribution in [0.3, 0.4) is 0 Å². The molecule has 0 fully saturated rings. The second-order valence-electron chi connectivity index (χ2n) is 5.76. The van der Waals surface area contributed by atoms with E-state index in [0.717, 1.165) is 5.56 Å². The highest BCUT2D eigenvalue weighted by Crippen LogP contribution is 2.25. The fourth-order valence-corrected chi connectivity index (χ4v) is 2.52. The zero-order valence-corrected chi connectivity index (χ0v) is 14.2. The second-order valence-corrected chi connectivity index (χ2v) is 6.20. The molecule has 0 heterocycles. The highest BCUT2D eigenvalue weighted by molar-refractivity contribution is 6.30. The Labute approximate surface area is 145 Å². The fourth-order valence-electron chi connectivity index (χ4n) is 2.39. The van der Waals surface area contributed by atoms with Crippen LogP contribution < -0.4 is 10.9 Å². The van der Waals surface area contributed by atoms with Gasteiger partial charge in [-0.3, -0.25) is 20.4 Å². The lowest BCUT2D eigenvalue weighted by molar-refractivity contribution is -0.124. The molecule has 0 radical (unpaired) electrons. The Balaban J connectivity index is 2.04. The summed E-state index contributed by atoms with van der Waals surface area (Å²) in [6.07, 6.45) is 0. The lowest BCUT2D eigenvalue weighted by Crippen LogP contribution is -2.44. The third-order valence-corrected chi connectivity index (χ3v) is 3.86. The van der Waals surface area contributed by atoms with E-state index in [1.807, 2.05) is 13.8 Å². The first-order chi connectivity index (χ1) is 11.4. The van der Waals surface area contributed by atoms with E-state index in [4.69, 9.17) is 11.6 Å². The summed E-state index contributed by atoms with van der Waals surface area (Å²) in [6.45, 7) is 3.86. The van der Waals surface area contributed by atoms with Crippen LogP contribution in [0.2, 0.25) is 5.02 Å². The van der Waals surface area contributed by atoms with Crippen molar-refractivity contribution in [2.75, 3.05) is 0 Å². The summed E-state index contributed by atoms with van der Waals surface area (Å²) in [7, 11) is 0. The molecule has 0 saturated heterocycles. The van der Waals surface area contributed by atoms with Crippen LogP contribution in [0.1, 0.15) is 35.7 Å². The summed E-state index contributed by atoms with van der Waals surface area (Å²) in [5.74, 6) is -1.07. The maximum atomic E-state index is 12.5. The third-order valence-electron chi connectivity index (χ3n) is 3.61. The van der Waals surface area contributed by atoms with E-state index in [2.05, 4.69) is 10.9 Å². The van der Waals surface area contributed by atoms with Crippen LogP contribution in [-0.2, 0) is 4.79 Å². The van der Waals surface area contributed by atoms with Crippen molar-refractivity contribution >= 4 is 23.4 Å². The van der Waals surface area contributed by atoms with Gasteiger partial charge in [0.15, 0.2) is 0 Å². The first kappa shape index (κ1) is 17.8. The van der Waals surface area contributed by atoms with Gasteiger partial charge in [0.05, 0.1) is 5.92 Å². The van der Waals surface area contributed by atoms with Crippen molar-refractivity contribution in [3.05, 3.63) is 64.7 Å². The monoisotopic (exact) mass is 346 g/mol. The molecule has 2 aromatic rings. The molecule has 0 saturated carbocycles. The molecule has 0 unspecified atom stereocenters. The molecule has 6 heteroatoms. The van der Waals surface area contributed by atoms with Crippen LogP contribution in [0.4, 0.5) is 0 Å². The van der Waals surface area contributed by atoms with E-state index in [1.54, 1.807) is 24.3 Å². The summed E-state index contributed by atoms with van der Waals surface area (Å²) in [5.41, 5.74) is 6.00. The third kappa shape index (κ3) is 4.49. The minimum absolute atomic E-state index is 0.0387. The van der Waals surface area contributed by atoms with Crippen molar-refractivity contribution in [1.29, 1.82) is 0 Å². The number of hydrogen-bond acceptors (Lipinski definition) is 3. The molecule has 24 heavy (non-hydrogen) atoms. The van der Waals surface area contributed by atoms with Gasteiger partial charge in [-0.25, -0.2) is 0 Å². The lowest BCUT2D eigenvalue weighted by Gasteiger charge is -2.21. The molecule has 2 amide bonds. The second kappa shape index (κ2) is 7.84. The molecule has 0 spiro atoms. The number of carbonyl (C=O) groups is 2. The van der Waals surface area contributed by atoms with Crippen molar-refractivity contribution in [3.63, 3.8) is 0 Å². The Morgan fingerprint density at radius 1 is 0.958 bits per heavy atom. The molecule has 5 nitrogen and oxygen atoms in total. The SMILES string of the molecule is CC(C)[C@H](C(=O)NNC(=O)c1ccc(O)cc1)c1ccc(Cl)cc1. The van der Waals surface area contributed by atoms with E-state index in [0.29, 0.717) is 10.6 Å². The zero-order chi connectivity index (χ0) is 17.7. The van der Waals surface area contributed by atoms with Gasteiger partial charge in [-0.2, -0.15) is 0 Å². The number of benzene rings is 2. The quantitative estimate of drug-likeness (QED) is 0.743. The lowest BCUT2D eigenvalue weighted by atomic mass is 9.88. The maximum Gasteiger partial charge on any atom is 0.269 e. The summed E-state index contributed by atoms with van der Waals surface area (Å²) in [5, 5.41) is 9.82. The van der Waals surface area contributed by atoms with E-state index < -0.39 is 11.8 Å². The molecular weight excluding hydrogens is 328 g/mol. The van der Waals surface area contributed by atoms with Gasteiger partial charge in [0.25, 0.3) is 5.91 Å². The first-order valence-electron chi connectivity index (χ1n) is 7.53. The van der Waals surface area contributed by atoms with E-state index in [9.17, 15) is 14.7 Å². The number of nitrogens with one attached hydrogen (secondary N) is 2. The zero-order valence-electron chi connectivity index (χ0n) is 13.4. The minimum atomic E-state index is -0.457. The van der Waals surface area contributed by atoms with Crippen molar-refractivity contribution < 1.29 is 14.7 Å². The van der Waals surface area contributed by atoms with Crippen LogP contribution in [-0.4, -0.2) is 16.9 Å². The highest BCUT2D eigenvalue weighted by Gasteiger charge is 2.24. The summed E-state index contributed by atoms with van der Waals surface area (Å²) < 4.78 is 0. The summed E-state index contributed by atoms with van der Waals surface area (Å²) >= 11 is 5.88. The van der Waals surface area contributed by atoms with E-state index in [-0.39, 0.29) is 17.6 Å². The van der Waals surface area contributed by atoms with Gasteiger partial charge < -0.3 is 5.11 Å². The van der Waals surface area contributed by atoms with E-state index in [1.165, 1.54) is 24.3 Å². The van der Waals surface area contributed by atoms with Gasteiger partial charge >= 0.3 is 0 Å². The van der Waals surface area contributed by atoms with Crippen molar-refractivity contribution in [2.24, 2.45) is 5.92 Å². The van der Waals surface area contributed by atoms with Crippen molar-refractivity contribution in [1.82, 2.24) is 10.9 Å². The summed E-state index contributed by atoms with van der Waals surface area (Å²) in [6, 6.07) is 12.8. The topological polar surface area (TPSA) is 78.4 Å². The highest BCUT2D eigenvalue weighted by atomic mass is 35.5. The molecule has 0 aliphatic carbocycles. The van der Waals surface area contributed by atoms with Crippen molar-refractivity contribution in [3.8, 4) is 5.75 Å². The van der Waals surface area contributed by atoms with Crippen LogP contribution >= 0.6 is 11.6 Å². The van der Waals surface area contributed by atoms with Gasteiger partial charge in [-0.05, 0) is 47.9 Å². The molecule has 1 atom stereocenters. The number of halogens is 1. The smallest absolute Gasteiger partial charge is 0.269 e. The van der Waals surface area contributed by atoms with Crippen LogP contribution in [0.5, 0.6) is 5.75 Å². The molecular formula is C18H19ClN2O3. The van der Waals surface area contributed by atoms with Crippen LogP contribution in [0, 0.1) is 5.92 Å². The molecule has 0 aromatic heterocycles. The number of hydrogen-bond donors (Lipinski definition) is 3. The number of rotatable bonds is 4. The number of amides is 2. The molecule has 2 aromatic carbocycles. The Morgan fingerprint density at radius 2 is 1.54 bits per heavy atom. The van der Waals surface area contributed by atoms with Gasteiger partial charge in [0.2, 0.25) is 5.91 Å². The predicted molar refractivity (Wildman–Crippen MR) is 92.7 cm³/mol. The molecule has 0 aliphatic heterocycles. The Hall–Kier alpha value is -2.53. The number of phenols is 1. The predicted octanol–water partition coefficient (Wildman–Crippen LogP) is 3.25. The minimum Gasteiger partial charge on any atom is -0.508 e. The Bertz CT molecular complexity index is 712. The fraction of sp³-hybridized carbons (Fsp3) is 0.222. The maximum absolute atomic E-state index is 12.5. The van der Waals surface area contributed by atoms with E-state index >= 15 is 0 Å². The average molecular weight is 347 g/mol. The largest absolute Gasteiger partial charge is 0.508 e. The molecule has 0 bridgehead atoms. The Kier molecular flexibility index (Phi) is 5.82. The van der Waals surface area contributed by atoms with Gasteiger partial charge in [-0.15, -0.1) is 0 Å². The van der Waals surface area contributed by atoms with Crippen molar-refractivity contribution in [2.45, 2.75) is 19.8 Å². The molecule has 0 aliphatic rings. The van der Waals surface area contributed by atoms with Crippen LogP contribution in [0.15, 0.2) is 48.5 Å². The normalized spacial score (nSPS) is 11.8. The number of carbonyl (C=O) groups excluding carboxylic acids is 2. The van der Waals surface area contributed by atoms with Gasteiger partial charge in [-0.1, -0.05) is 37.6 Å². The summed E-state index contributed by atoms with van der Waals surface area (Å²) in [4.78, 5) is 24.5.